The highest BCUT2D eigenvalue weighted by atomic mass is 79.9. The minimum atomic E-state index is -0.363. The van der Waals surface area contributed by atoms with E-state index in [0.29, 0.717) is 46.2 Å². The normalized spacial score (nSPS) is 12.2. The second kappa shape index (κ2) is 7.64. The van der Waals surface area contributed by atoms with Crippen molar-refractivity contribution >= 4 is 39.1 Å². The molecule has 2 aromatic carbocycles. The zero-order valence-corrected chi connectivity index (χ0v) is 15.2. The molecule has 0 atom stereocenters. The van der Waals surface area contributed by atoms with Crippen molar-refractivity contribution < 1.29 is 19.0 Å². The minimum absolute atomic E-state index is 0.230. The molecule has 1 aliphatic rings. The molecule has 1 aliphatic heterocycles. The summed E-state index contributed by atoms with van der Waals surface area (Å²) in [5, 5.41) is 11.8. The summed E-state index contributed by atoms with van der Waals surface area (Å²) in [6, 6.07) is 10.00. The second-order valence-electron chi connectivity index (χ2n) is 5.07. The maximum absolute atomic E-state index is 12.1. The molecule has 0 aromatic heterocycles. The fourth-order valence-corrected chi connectivity index (χ4v) is 2.83. The van der Waals surface area contributed by atoms with Crippen molar-refractivity contribution in [1.82, 2.24) is 0 Å². The molecule has 0 radical (unpaired) electrons. The predicted molar refractivity (Wildman–Crippen MR) is 95.4 cm³/mol. The minimum Gasteiger partial charge on any atom is -0.486 e. The number of benzene rings is 2. The van der Waals surface area contributed by atoms with Crippen LogP contribution in [-0.2, 0) is 4.79 Å². The Bertz CT molecular complexity index is 866. The molecule has 0 saturated carbocycles. The van der Waals surface area contributed by atoms with E-state index in [-0.39, 0.29) is 17.5 Å². The number of hydrogen-bond donors (Lipinski definition) is 1. The number of nitrogens with one attached hydrogen (secondary N) is 1. The zero-order chi connectivity index (χ0) is 17.8. The van der Waals surface area contributed by atoms with Crippen molar-refractivity contribution in [1.29, 1.82) is 5.26 Å². The summed E-state index contributed by atoms with van der Waals surface area (Å²) in [6.07, 6.45) is 0. The monoisotopic (exact) mass is 422 g/mol. The van der Waals surface area contributed by atoms with Gasteiger partial charge in [-0.15, -0.1) is 0 Å². The van der Waals surface area contributed by atoms with Gasteiger partial charge in [0, 0.05) is 16.6 Å². The number of nitrogens with zero attached hydrogens (tertiary/aromatic N) is 1. The topological polar surface area (TPSA) is 80.6 Å². The Labute approximate surface area is 157 Å². The van der Waals surface area contributed by atoms with Gasteiger partial charge < -0.3 is 19.5 Å². The molecule has 0 bridgehead atoms. The summed E-state index contributed by atoms with van der Waals surface area (Å²) < 4.78 is 17.0. The number of anilines is 1. The van der Waals surface area contributed by atoms with Crippen molar-refractivity contribution in [3.05, 3.63) is 45.4 Å². The van der Waals surface area contributed by atoms with Gasteiger partial charge in [0.25, 0.3) is 5.91 Å². The number of hydrogen-bond acceptors (Lipinski definition) is 5. The Morgan fingerprint density at radius 3 is 2.68 bits per heavy atom. The molecule has 128 valence electrons. The number of rotatable bonds is 4. The van der Waals surface area contributed by atoms with Gasteiger partial charge in [0.1, 0.15) is 19.0 Å². The molecule has 1 amide bonds. The summed E-state index contributed by atoms with van der Waals surface area (Å²) in [4.78, 5) is 12.1. The van der Waals surface area contributed by atoms with Crippen molar-refractivity contribution in [2.45, 2.75) is 0 Å². The number of ether oxygens (including phenoxy) is 3. The van der Waals surface area contributed by atoms with E-state index < -0.39 is 0 Å². The van der Waals surface area contributed by atoms with Crippen LogP contribution in [0.25, 0.3) is 0 Å². The van der Waals surface area contributed by atoms with E-state index in [4.69, 9.17) is 31.1 Å². The number of nitriles is 1. The van der Waals surface area contributed by atoms with E-state index >= 15 is 0 Å². The van der Waals surface area contributed by atoms with Gasteiger partial charge in [-0.2, -0.15) is 5.26 Å². The SMILES string of the molecule is N#Cc1ccc(OCC(=O)Nc2cc3c(cc2Br)OCCO3)c(Cl)c1. The van der Waals surface area contributed by atoms with Gasteiger partial charge in [-0.25, -0.2) is 0 Å². The van der Waals surface area contributed by atoms with E-state index in [9.17, 15) is 4.79 Å². The van der Waals surface area contributed by atoms with Crippen LogP contribution in [0.15, 0.2) is 34.8 Å². The molecule has 1 heterocycles. The standard InChI is InChI=1S/C17H12BrClN2O4/c18-11-6-15-16(24-4-3-23-15)7-13(11)21-17(22)9-25-14-2-1-10(8-20)5-12(14)19/h1-2,5-7H,3-4,9H2,(H,21,22). The van der Waals surface area contributed by atoms with Crippen LogP contribution < -0.4 is 19.5 Å². The molecule has 1 N–H and O–H groups in total. The van der Waals surface area contributed by atoms with Crippen molar-refractivity contribution in [3.63, 3.8) is 0 Å². The highest BCUT2D eigenvalue weighted by molar-refractivity contribution is 9.10. The quantitative estimate of drug-likeness (QED) is 0.810. The summed E-state index contributed by atoms with van der Waals surface area (Å²) >= 11 is 9.40. The largest absolute Gasteiger partial charge is 0.486 e. The molecule has 25 heavy (non-hydrogen) atoms. The molecule has 3 rings (SSSR count). The van der Waals surface area contributed by atoms with E-state index in [0.717, 1.165) is 0 Å². The second-order valence-corrected chi connectivity index (χ2v) is 6.33. The maximum Gasteiger partial charge on any atom is 0.262 e. The summed E-state index contributed by atoms with van der Waals surface area (Å²) in [5.41, 5.74) is 0.964. The first-order valence-electron chi connectivity index (χ1n) is 7.28. The fraction of sp³-hybridized carbons (Fsp3) is 0.176. The lowest BCUT2D eigenvalue weighted by molar-refractivity contribution is -0.118. The highest BCUT2D eigenvalue weighted by Gasteiger charge is 2.16. The van der Waals surface area contributed by atoms with Crippen molar-refractivity contribution in [2.75, 3.05) is 25.1 Å². The van der Waals surface area contributed by atoms with Gasteiger partial charge in [-0.05, 0) is 34.1 Å². The first-order chi connectivity index (χ1) is 12.1. The van der Waals surface area contributed by atoms with E-state index in [2.05, 4.69) is 21.2 Å². The van der Waals surface area contributed by atoms with Crippen LogP contribution in [0.2, 0.25) is 5.02 Å². The number of carbonyl (C=O) groups excluding carboxylic acids is 1. The molecule has 0 fully saturated rings. The Morgan fingerprint density at radius 2 is 2.00 bits per heavy atom. The van der Waals surface area contributed by atoms with Crippen LogP contribution in [0.4, 0.5) is 5.69 Å². The maximum atomic E-state index is 12.1. The summed E-state index contributed by atoms with van der Waals surface area (Å²) in [6.45, 7) is 0.721. The van der Waals surface area contributed by atoms with E-state index in [1.807, 2.05) is 6.07 Å². The van der Waals surface area contributed by atoms with Gasteiger partial charge >= 0.3 is 0 Å². The molecule has 0 unspecified atom stereocenters. The lowest BCUT2D eigenvalue weighted by Crippen LogP contribution is -2.21. The third kappa shape index (κ3) is 4.16. The smallest absolute Gasteiger partial charge is 0.262 e. The fourth-order valence-electron chi connectivity index (χ4n) is 2.18. The van der Waals surface area contributed by atoms with Crippen LogP contribution in [0.1, 0.15) is 5.56 Å². The van der Waals surface area contributed by atoms with Crippen LogP contribution in [-0.4, -0.2) is 25.7 Å². The third-order valence-electron chi connectivity index (χ3n) is 3.33. The Morgan fingerprint density at radius 1 is 1.28 bits per heavy atom. The Balaban J connectivity index is 1.64. The van der Waals surface area contributed by atoms with Gasteiger partial charge in [0.05, 0.1) is 22.3 Å². The van der Waals surface area contributed by atoms with Gasteiger partial charge in [0.2, 0.25) is 0 Å². The summed E-state index contributed by atoms with van der Waals surface area (Å²) in [7, 11) is 0. The average molecular weight is 424 g/mol. The molecule has 0 saturated heterocycles. The average Bonchev–Trinajstić information content (AvgIpc) is 2.61. The van der Waals surface area contributed by atoms with Crippen molar-refractivity contribution in [2.24, 2.45) is 0 Å². The first kappa shape index (κ1) is 17.4. The van der Waals surface area contributed by atoms with Gasteiger partial charge in [-0.3, -0.25) is 4.79 Å². The number of halogens is 2. The lowest BCUT2D eigenvalue weighted by Gasteiger charge is -2.20. The molecule has 6 nitrogen and oxygen atoms in total. The highest BCUT2D eigenvalue weighted by Crippen LogP contribution is 2.38. The van der Waals surface area contributed by atoms with E-state index in [1.54, 1.807) is 24.3 Å². The number of carbonyl (C=O) groups is 1. The van der Waals surface area contributed by atoms with Crippen molar-refractivity contribution in [3.8, 4) is 23.3 Å². The van der Waals surface area contributed by atoms with E-state index in [1.165, 1.54) is 6.07 Å². The zero-order valence-electron chi connectivity index (χ0n) is 12.8. The number of fused-ring (bicyclic) bond motifs is 1. The molecular weight excluding hydrogens is 412 g/mol. The lowest BCUT2D eigenvalue weighted by atomic mass is 10.2. The predicted octanol–water partition coefficient (Wildman–Crippen LogP) is 3.76. The van der Waals surface area contributed by atoms with Crippen LogP contribution in [0.3, 0.4) is 0 Å². The van der Waals surface area contributed by atoms with Crippen LogP contribution in [0.5, 0.6) is 17.2 Å². The molecule has 0 spiro atoms. The Kier molecular flexibility index (Phi) is 5.31. The first-order valence-corrected chi connectivity index (χ1v) is 8.45. The molecule has 8 heteroatoms. The molecule has 2 aromatic rings. The molecular formula is C17H12BrClN2O4. The number of amides is 1. The van der Waals surface area contributed by atoms with Gasteiger partial charge in [0.15, 0.2) is 18.1 Å². The molecule has 0 aliphatic carbocycles. The third-order valence-corrected chi connectivity index (χ3v) is 4.28. The summed E-state index contributed by atoms with van der Waals surface area (Å²) in [5.74, 6) is 1.16. The van der Waals surface area contributed by atoms with Gasteiger partial charge in [-0.1, -0.05) is 11.6 Å². The van der Waals surface area contributed by atoms with Crippen LogP contribution in [0, 0.1) is 11.3 Å². The Hall–Kier alpha value is -2.43. The van der Waals surface area contributed by atoms with Crippen LogP contribution >= 0.6 is 27.5 Å².